The van der Waals surface area contributed by atoms with Gasteiger partial charge in [-0.05, 0) is 29.8 Å². The summed E-state index contributed by atoms with van der Waals surface area (Å²) in [6, 6.07) is 14.8. The first-order valence-corrected chi connectivity index (χ1v) is 8.51. The Morgan fingerprint density at radius 1 is 1.08 bits per heavy atom. The highest BCUT2D eigenvalue weighted by Crippen LogP contribution is 2.17. The lowest BCUT2D eigenvalue weighted by Crippen LogP contribution is -2.60. The Hall–Kier alpha value is -2.89. The molecule has 0 unspecified atom stereocenters. The van der Waals surface area contributed by atoms with Gasteiger partial charge in [0.15, 0.2) is 0 Å². The molecule has 0 bridgehead atoms. The predicted octanol–water partition coefficient (Wildman–Crippen LogP) is 2.12. The fraction of sp³-hybridized carbons (Fsp3) is 0.300. The SMILES string of the molecule is CN1CC(=O)N(CCOc2ccc(F)cc2)[C@@H](Cc2ccccc2)C1=O. The summed E-state index contributed by atoms with van der Waals surface area (Å²) in [5.41, 5.74) is 0.999. The van der Waals surface area contributed by atoms with Crippen molar-refractivity contribution in [1.82, 2.24) is 9.80 Å². The van der Waals surface area contributed by atoms with Crippen molar-refractivity contribution in [2.45, 2.75) is 12.5 Å². The van der Waals surface area contributed by atoms with Crippen LogP contribution in [0.15, 0.2) is 54.6 Å². The maximum absolute atomic E-state index is 12.9. The van der Waals surface area contributed by atoms with E-state index >= 15 is 0 Å². The van der Waals surface area contributed by atoms with E-state index < -0.39 is 6.04 Å². The van der Waals surface area contributed by atoms with Crippen molar-refractivity contribution in [1.29, 1.82) is 0 Å². The van der Waals surface area contributed by atoms with Crippen LogP contribution in [0, 0.1) is 5.82 Å². The van der Waals surface area contributed by atoms with Gasteiger partial charge in [0.2, 0.25) is 11.8 Å². The number of halogens is 1. The summed E-state index contributed by atoms with van der Waals surface area (Å²) >= 11 is 0. The fourth-order valence-electron chi connectivity index (χ4n) is 3.04. The molecule has 5 nitrogen and oxygen atoms in total. The molecular formula is C20H21FN2O3. The van der Waals surface area contributed by atoms with E-state index in [0.29, 0.717) is 18.7 Å². The van der Waals surface area contributed by atoms with Gasteiger partial charge in [-0.15, -0.1) is 0 Å². The Morgan fingerprint density at radius 3 is 2.46 bits per heavy atom. The van der Waals surface area contributed by atoms with E-state index in [9.17, 15) is 14.0 Å². The zero-order chi connectivity index (χ0) is 18.5. The monoisotopic (exact) mass is 356 g/mol. The minimum atomic E-state index is -0.541. The molecule has 2 aromatic rings. The van der Waals surface area contributed by atoms with Crippen LogP contribution < -0.4 is 4.74 Å². The third-order valence-corrected chi connectivity index (χ3v) is 4.42. The number of carbonyl (C=O) groups is 2. The molecule has 26 heavy (non-hydrogen) atoms. The summed E-state index contributed by atoms with van der Waals surface area (Å²) in [5, 5.41) is 0. The molecule has 2 amide bonds. The highest BCUT2D eigenvalue weighted by molar-refractivity contribution is 5.94. The number of amides is 2. The molecule has 1 aliphatic rings. The normalized spacial score (nSPS) is 17.5. The van der Waals surface area contributed by atoms with Gasteiger partial charge in [-0.25, -0.2) is 4.39 Å². The number of likely N-dealkylation sites (N-methyl/N-ethyl adjacent to an activating group) is 1. The molecule has 0 radical (unpaired) electrons. The van der Waals surface area contributed by atoms with Gasteiger partial charge in [0.05, 0.1) is 13.1 Å². The van der Waals surface area contributed by atoms with E-state index in [1.54, 1.807) is 11.9 Å². The van der Waals surface area contributed by atoms with Gasteiger partial charge in [0.1, 0.15) is 24.2 Å². The molecule has 0 spiro atoms. The Bertz CT molecular complexity index is 764. The van der Waals surface area contributed by atoms with Crippen molar-refractivity contribution in [2.24, 2.45) is 0 Å². The summed E-state index contributed by atoms with van der Waals surface area (Å²) in [6.07, 6.45) is 0.465. The summed E-state index contributed by atoms with van der Waals surface area (Å²) in [7, 11) is 1.64. The predicted molar refractivity (Wildman–Crippen MR) is 95.2 cm³/mol. The maximum atomic E-state index is 12.9. The van der Waals surface area contributed by atoms with Gasteiger partial charge < -0.3 is 14.5 Å². The Morgan fingerprint density at radius 2 is 1.77 bits per heavy atom. The van der Waals surface area contributed by atoms with Crippen LogP contribution in [-0.4, -0.2) is 54.4 Å². The Labute approximate surface area is 152 Å². The minimum Gasteiger partial charge on any atom is -0.492 e. The van der Waals surface area contributed by atoms with Gasteiger partial charge in [-0.3, -0.25) is 9.59 Å². The summed E-state index contributed by atoms with van der Waals surface area (Å²) in [4.78, 5) is 28.1. The van der Waals surface area contributed by atoms with E-state index in [-0.39, 0.29) is 30.8 Å². The van der Waals surface area contributed by atoms with Crippen LogP contribution >= 0.6 is 0 Å². The van der Waals surface area contributed by atoms with E-state index in [2.05, 4.69) is 0 Å². The average Bonchev–Trinajstić information content (AvgIpc) is 2.64. The number of carbonyl (C=O) groups excluding carboxylic acids is 2. The molecule has 3 rings (SSSR count). The van der Waals surface area contributed by atoms with Gasteiger partial charge in [-0.1, -0.05) is 30.3 Å². The van der Waals surface area contributed by atoms with Gasteiger partial charge in [0, 0.05) is 13.5 Å². The smallest absolute Gasteiger partial charge is 0.245 e. The molecule has 0 saturated carbocycles. The van der Waals surface area contributed by atoms with Crippen LogP contribution in [0.25, 0.3) is 0 Å². The van der Waals surface area contributed by atoms with Gasteiger partial charge in [0.25, 0.3) is 0 Å². The van der Waals surface area contributed by atoms with Crippen LogP contribution in [0.1, 0.15) is 5.56 Å². The summed E-state index contributed by atoms with van der Waals surface area (Å²) < 4.78 is 18.5. The van der Waals surface area contributed by atoms with E-state index in [0.717, 1.165) is 5.56 Å². The van der Waals surface area contributed by atoms with Crippen molar-refractivity contribution in [3.8, 4) is 5.75 Å². The van der Waals surface area contributed by atoms with Crippen molar-refractivity contribution < 1.29 is 18.7 Å². The third-order valence-electron chi connectivity index (χ3n) is 4.42. The maximum Gasteiger partial charge on any atom is 0.245 e. The quantitative estimate of drug-likeness (QED) is 0.797. The largest absolute Gasteiger partial charge is 0.492 e. The minimum absolute atomic E-state index is 0.0701. The van der Waals surface area contributed by atoms with Gasteiger partial charge >= 0.3 is 0 Å². The standard InChI is InChI=1S/C20H21FN2O3/c1-22-14-19(24)23(11-12-26-17-9-7-16(21)8-10-17)18(20(22)25)13-15-5-3-2-4-6-15/h2-10,18H,11-14H2,1H3/t18-/m0/s1. The van der Waals surface area contributed by atoms with Crippen LogP contribution in [0.3, 0.4) is 0 Å². The molecule has 1 saturated heterocycles. The topological polar surface area (TPSA) is 49.9 Å². The Kier molecular flexibility index (Phi) is 5.51. The summed E-state index contributed by atoms with van der Waals surface area (Å²) in [5.74, 6) is 0.0185. The highest BCUT2D eigenvalue weighted by atomic mass is 19.1. The van der Waals surface area contributed by atoms with Crippen molar-refractivity contribution in [3.63, 3.8) is 0 Å². The first-order valence-electron chi connectivity index (χ1n) is 8.51. The number of hydrogen-bond donors (Lipinski definition) is 0. The number of ether oxygens (including phenoxy) is 1. The number of piperazine rings is 1. The molecule has 1 heterocycles. The van der Waals surface area contributed by atoms with Crippen molar-refractivity contribution >= 4 is 11.8 Å². The lowest BCUT2D eigenvalue weighted by atomic mass is 10.0. The third kappa shape index (κ3) is 4.20. The van der Waals surface area contributed by atoms with Crippen LogP contribution in [0.5, 0.6) is 5.75 Å². The summed E-state index contributed by atoms with van der Waals surface area (Å²) in [6.45, 7) is 0.605. The molecule has 2 aromatic carbocycles. The molecule has 1 aliphatic heterocycles. The lowest BCUT2D eigenvalue weighted by molar-refractivity contribution is -0.154. The number of benzene rings is 2. The zero-order valence-corrected chi connectivity index (χ0v) is 14.6. The zero-order valence-electron chi connectivity index (χ0n) is 14.6. The average molecular weight is 356 g/mol. The van der Waals surface area contributed by atoms with Gasteiger partial charge in [-0.2, -0.15) is 0 Å². The van der Waals surface area contributed by atoms with Crippen molar-refractivity contribution in [3.05, 3.63) is 66.0 Å². The fourth-order valence-corrected chi connectivity index (χ4v) is 3.04. The van der Waals surface area contributed by atoms with Crippen LogP contribution in [0.2, 0.25) is 0 Å². The van der Waals surface area contributed by atoms with Crippen molar-refractivity contribution in [2.75, 3.05) is 26.7 Å². The molecule has 0 aliphatic carbocycles. The van der Waals surface area contributed by atoms with E-state index in [1.165, 1.54) is 29.2 Å². The first kappa shape index (κ1) is 17.9. The lowest BCUT2D eigenvalue weighted by Gasteiger charge is -2.38. The number of rotatable bonds is 6. The number of nitrogens with zero attached hydrogens (tertiary/aromatic N) is 2. The Balaban J connectivity index is 1.67. The highest BCUT2D eigenvalue weighted by Gasteiger charge is 2.37. The van der Waals surface area contributed by atoms with Crippen LogP contribution in [-0.2, 0) is 16.0 Å². The van der Waals surface area contributed by atoms with Crippen LogP contribution in [0.4, 0.5) is 4.39 Å². The number of hydrogen-bond acceptors (Lipinski definition) is 3. The molecule has 1 fully saturated rings. The second-order valence-corrected chi connectivity index (χ2v) is 6.29. The molecule has 136 valence electrons. The second kappa shape index (κ2) is 7.99. The molecule has 6 heteroatoms. The molecule has 0 N–H and O–H groups in total. The first-order chi connectivity index (χ1) is 12.5. The molecular weight excluding hydrogens is 335 g/mol. The molecule has 1 atom stereocenters. The molecule has 0 aromatic heterocycles. The van der Waals surface area contributed by atoms with E-state index in [4.69, 9.17) is 4.74 Å². The van der Waals surface area contributed by atoms with E-state index in [1.807, 2.05) is 30.3 Å². The second-order valence-electron chi connectivity index (χ2n) is 6.29.